The van der Waals surface area contributed by atoms with E-state index in [2.05, 4.69) is 19.6 Å². The first-order chi connectivity index (χ1) is 13.8. The number of aromatic nitrogens is 4. The Kier molecular flexibility index (Phi) is 5.08. The molecule has 6 nitrogen and oxygen atoms in total. The predicted molar refractivity (Wildman–Crippen MR) is 111 cm³/mol. The summed E-state index contributed by atoms with van der Waals surface area (Å²) in [6, 6.07) is 7.03. The van der Waals surface area contributed by atoms with Crippen LogP contribution in [0.15, 0.2) is 29.3 Å². The molecule has 0 saturated carbocycles. The van der Waals surface area contributed by atoms with E-state index in [0.29, 0.717) is 39.1 Å². The van der Waals surface area contributed by atoms with Crippen molar-refractivity contribution in [1.29, 1.82) is 0 Å². The number of benzene rings is 1. The molecule has 0 fully saturated rings. The van der Waals surface area contributed by atoms with E-state index >= 15 is 4.39 Å². The second-order valence-electron chi connectivity index (χ2n) is 7.05. The fraction of sp³-hybridized carbons (Fsp3) is 0.350. The maximum atomic E-state index is 16.4. The van der Waals surface area contributed by atoms with E-state index in [1.807, 2.05) is 13.8 Å². The molecule has 150 valence electrons. The molecule has 3 heterocycles. The summed E-state index contributed by atoms with van der Waals surface area (Å²) in [5, 5.41) is 9.39. The minimum Gasteiger partial charge on any atom is -0.299 e. The second kappa shape index (κ2) is 7.42. The zero-order valence-electron chi connectivity index (χ0n) is 16.2. The molecule has 0 spiro atoms. The number of aryl methyl sites for hydroxylation is 2. The number of nitrogens with zero attached hydrogens (tertiary/aromatic N) is 5. The Morgan fingerprint density at radius 2 is 1.97 bits per heavy atom. The zero-order chi connectivity index (χ0) is 20.8. The largest absolute Gasteiger partial charge is 0.299 e. The molecular weight excluding hydrogens is 413 g/mol. The first-order valence-electron chi connectivity index (χ1n) is 9.30. The summed E-state index contributed by atoms with van der Waals surface area (Å²) in [4.78, 5) is 16.9. The van der Waals surface area contributed by atoms with E-state index in [4.69, 9.17) is 11.6 Å². The number of carbonyl (C=O) groups excluding carboxylic acids is 1. The topological polar surface area (TPSA) is 73.0 Å². The number of halogens is 2. The number of fused-ring (bicyclic) bond motifs is 3. The average Bonchev–Trinajstić information content (AvgIpc) is 3.20. The predicted octanol–water partition coefficient (Wildman–Crippen LogP) is 4.73. The molecule has 0 bridgehead atoms. The van der Waals surface area contributed by atoms with Crippen molar-refractivity contribution in [2.45, 2.75) is 45.8 Å². The SMILES string of the molecule is CCCC(=O)CC1(F)N=C(c2ccc(Cl)cc2)c2c(C)nsc2-n2c(C)nnc21. The van der Waals surface area contributed by atoms with Crippen molar-refractivity contribution >= 4 is 34.6 Å². The molecular formula is C20H19ClFN5OS. The number of ketones is 1. The fourth-order valence-corrected chi connectivity index (χ4v) is 4.56. The van der Waals surface area contributed by atoms with Gasteiger partial charge in [0.25, 0.3) is 5.79 Å². The summed E-state index contributed by atoms with van der Waals surface area (Å²) in [6.07, 6.45) is 0.537. The Hall–Kier alpha value is -2.45. The number of alkyl halides is 1. The number of Topliss-reactive ketones (excluding diaryl/α,β-unsaturated/α-hetero) is 1. The number of hydrogen-bond donors (Lipinski definition) is 0. The molecule has 1 atom stereocenters. The van der Waals surface area contributed by atoms with Crippen molar-refractivity contribution in [3.05, 3.63) is 57.8 Å². The third kappa shape index (κ3) is 3.40. The molecule has 0 radical (unpaired) electrons. The van der Waals surface area contributed by atoms with E-state index < -0.39 is 12.2 Å². The van der Waals surface area contributed by atoms with Crippen LogP contribution >= 0.6 is 23.1 Å². The molecule has 1 aliphatic rings. The van der Waals surface area contributed by atoms with Crippen molar-refractivity contribution in [1.82, 2.24) is 19.1 Å². The molecule has 4 rings (SSSR count). The molecule has 1 unspecified atom stereocenters. The maximum absolute atomic E-state index is 16.4. The van der Waals surface area contributed by atoms with Gasteiger partial charge in [0.05, 0.1) is 23.4 Å². The highest BCUT2D eigenvalue weighted by atomic mass is 35.5. The van der Waals surface area contributed by atoms with Crippen molar-refractivity contribution in [2.24, 2.45) is 4.99 Å². The summed E-state index contributed by atoms with van der Waals surface area (Å²) in [7, 11) is 0. The van der Waals surface area contributed by atoms with E-state index in [-0.39, 0.29) is 18.0 Å². The maximum Gasteiger partial charge on any atom is 0.267 e. The van der Waals surface area contributed by atoms with E-state index in [1.165, 1.54) is 11.5 Å². The van der Waals surface area contributed by atoms with Crippen LogP contribution in [-0.2, 0) is 10.6 Å². The van der Waals surface area contributed by atoms with Crippen LogP contribution in [0.1, 0.15) is 54.7 Å². The normalized spacial score (nSPS) is 18.0. The van der Waals surface area contributed by atoms with Gasteiger partial charge >= 0.3 is 0 Å². The van der Waals surface area contributed by atoms with Crippen molar-refractivity contribution in [2.75, 3.05) is 0 Å². The molecule has 1 aromatic carbocycles. The minimum atomic E-state index is -2.33. The van der Waals surface area contributed by atoms with Gasteiger partial charge in [-0.25, -0.2) is 9.38 Å². The average molecular weight is 432 g/mol. The van der Waals surface area contributed by atoms with Crippen LogP contribution in [0.25, 0.3) is 5.00 Å². The Morgan fingerprint density at radius 1 is 1.24 bits per heavy atom. The summed E-state index contributed by atoms with van der Waals surface area (Å²) >= 11 is 7.27. The Bertz CT molecular complexity index is 1120. The van der Waals surface area contributed by atoms with Gasteiger partial charge in [-0.2, -0.15) is 4.37 Å². The van der Waals surface area contributed by atoms with Gasteiger partial charge in [0, 0.05) is 17.0 Å². The van der Waals surface area contributed by atoms with Crippen LogP contribution in [-0.4, -0.2) is 30.6 Å². The molecule has 0 amide bonds. The van der Waals surface area contributed by atoms with E-state index in [1.54, 1.807) is 35.8 Å². The van der Waals surface area contributed by atoms with Gasteiger partial charge in [0.15, 0.2) is 5.82 Å². The Morgan fingerprint density at radius 3 is 2.66 bits per heavy atom. The highest BCUT2D eigenvalue weighted by molar-refractivity contribution is 7.09. The standard InChI is InChI=1S/C20H19ClFN5OS/c1-4-5-15(28)10-20(22)19-25-24-12(3)27(19)18-16(11(2)26-29-18)17(23-20)13-6-8-14(21)9-7-13/h6-9H,4-5,10H2,1-3H3. The third-order valence-corrected chi connectivity index (χ3v) is 6.00. The van der Waals surface area contributed by atoms with Gasteiger partial charge < -0.3 is 0 Å². The molecule has 1 aliphatic heterocycles. The molecule has 2 aromatic heterocycles. The lowest BCUT2D eigenvalue weighted by atomic mass is 10.0. The first-order valence-corrected chi connectivity index (χ1v) is 10.4. The van der Waals surface area contributed by atoms with Crippen LogP contribution in [0.4, 0.5) is 4.39 Å². The lowest BCUT2D eigenvalue weighted by Crippen LogP contribution is -2.26. The van der Waals surface area contributed by atoms with Crippen LogP contribution < -0.4 is 0 Å². The summed E-state index contributed by atoms with van der Waals surface area (Å²) in [6.45, 7) is 5.49. The monoisotopic (exact) mass is 431 g/mol. The van der Waals surface area contributed by atoms with Gasteiger partial charge in [-0.1, -0.05) is 30.7 Å². The van der Waals surface area contributed by atoms with Crippen LogP contribution in [0, 0.1) is 13.8 Å². The van der Waals surface area contributed by atoms with Crippen molar-refractivity contribution < 1.29 is 9.18 Å². The molecule has 0 aliphatic carbocycles. The quantitative estimate of drug-likeness (QED) is 0.547. The van der Waals surface area contributed by atoms with Gasteiger partial charge in [0.1, 0.15) is 16.6 Å². The van der Waals surface area contributed by atoms with Gasteiger partial charge in [0.2, 0.25) is 0 Å². The highest BCUT2D eigenvalue weighted by Crippen LogP contribution is 2.40. The number of carbonyl (C=O) groups is 1. The number of rotatable bonds is 5. The third-order valence-electron chi connectivity index (χ3n) is 4.82. The molecule has 0 saturated heterocycles. The van der Waals surface area contributed by atoms with Crippen LogP contribution in [0.2, 0.25) is 5.02 Å². The zero-order valence-corrected chi connectivity index (χ0v) is 17.8. The van der Waals surface area contributed by atoms with E-state index in [9.17, 15) is 4.79 Å². The Balaban J connectivity index is 1.99. The Labute approximate surface area is 176 Å². The second-order valence-corrected chi connectivity index (χ2v) is 8.23. The van der Waals surface area contributed by atoms with Crippen LogP contribution in [0.3, 0.4) is 0 Å². The molecule has 3 aromatic rings. The summed E-state index contributed by atoms with van der Waals surface area (Å²) in [5.74, 6) is -2.01. The fourth-order valence-electron chi connectivity index (χ4n) is 3.48. The van der Waals surface area contributed by atoms with Gasteiger partial charge in [-0.3, -0.25) is 9.36 Å². The van der Waals surface area contributed by atoms with Crippen molar-refractivity contribution in [3.8, 4) is 5.00 Å². The van der Waals surface area contributed by atoms with Gasteiger partial charge in [-0.15, -0.1) is 10.2 Å². The highest BCUT2D eigenvalue weighted by Gasteiger charge is 2.44. The molecule has 29 heavy (non-hydrogen) atoms. The number of hydrogen-bond acceptors (Lipinski definition) is 6. The smallest absolute Gasteiger partial charge is 0.267 e. The van der Waals surface area contributed by atoms with E-state index in [0.717, 1.165) is 5.69 Å². The van der Waals surface area contributed by atoms with Crippen LogP contribution in [0.5, 0.6) is 0 Å². The van der Waals surface area contributed by atoms with Gasteiger partial charge in [-0.05, 0) is 43.9 Å². The first kappa shape index (κ1) is 19.8. The molecule has 0 N–H and O–H groups in total. The van der Waals surface area contributed by atoms with Crippen molar-refractivity contribution in [3.63, 3.8) is 0 Å². The lowest BCUT2D eigenvalue weighted by molar-refractivity contribution is -0.122. The molecule has 9 heteroatoms. The summed E-state index contributed by atoms with van der Waals surface area (Å²) < 4.78 is 22.5. The lowest BCUT2D eigenvalue weighted by Gasteiger charge is -2.19. The summed E-state index contributed by atoms with van der Waals surface area (Å²) in [5.41, 5.74) is 2.56. The minimum absolute atomic E-state index is 0.00770. The number of aliphatic imine (C=N–C) groups is 1.